The van der Waals surface area contributed by atoms with Gasteiger partial charge in [-0.25, -0.2) is 0 Å². The lowest BCUT2D eigenvalue weighted by atomic mass is 9.85. The quantitative estimate of drug-likeness (QED) is 0.769. The molecule has 3 atom stereocenters. The summed E-state index contributed by atoms with van der Waals surface area (Å²) >= 11 is 0. The summed E-state index contributed by atoms with van der Waals surface area (Å²) < 4.78 is 0. The van der Waals surface area contributed by atoms with Crippen LogP contribution in [0.15, 0.2) is 18.2 Å². The average molecular weight is 350 g/mol. The lowest BCUT2D eigenvalue weighted by Crippen LogP contribution is -2.39. The first-order valence-electron chi connectivity index (χ1n) is 8.69. The molecule has 1 saturated carbocycles. The van der Waals surface area contributed by atoms with Gasteiger partial charge in [0, 0.05) is 23.8 Å². The van der Waals surface area contributed by atoms with Crippen LogP contribution in [0, 0.1) is 5.92 Å². The average Bonchev–Trinajstić information content (AvgIpc) is 2.98. The normalized spacial score (nSPS) is 28.2. The third-order valence-electron chi connectivity index (χ3n) is 5.45. The zero-order valence-corrected chi connectivity index (χ0v) is 14.5. The highest BCUT2D eigenvalue weighted by molar-refractivity contribution is 5.98. The number of carbonyl (C=O) groups is 2. The summed E-state index contributed by atoms with van der Waals surface area (Å²) in [7, 11) is 0. The highest BCUT2D eigenvalue weighted by Gasteiger charge is 2.38. The predicted octanol–water partition coefficient (Wildman–Crippen LogP) is 2.85. The van der Waals surface area contributed by atoms with Crippen LogP contribution >= 0.6 is 12.4 Å². The number of benzene rings is 1. The maximum atomic E-state index is 12.5. The van der Waals surface area contributed by atoms with E-state index in [1.807, 2.05) is 18.2 Å². The molecule has 5 nitrogen and oxygen atoms in total. The molecular weight excluding hydrogens is 326 g/mol. The van der Waals surface area contributed by atoms with Crippen molar-refractivity contribution >= 4 is 35.6 Å². The lowest BCUT2D eigenvalue weighted by molar-refractivity contribution is -0.118. The SMILES string of the molecule is Cl.O=C1CCc2ccc(NC(=O)C3CC4CCCCC4N3)cc2N1. The molecule has 3 aliphatic rings. The summed E-state index contributed by atoms with van der Waals surface area (Å²) in [5, 5.41) is 9.38. The summed E-state index contributed by atoms with van der Waals surface area (Å²) in [5.41, 5.74) is 2.72. The Morgan fingerprint density at radius 3 is 2.83 bits per heavy atom. The van der Waals surface area contributed by atoms with E-state index in [-0.39, 0.29) is 30.3 Å². The minimum atomic E-state index is -0.0891. The van der Waals surface area contributed by atoms with Gasteiger partial charge in [0.2, 0.25) is 11.8 Å². The van der Waals surface area contributed by atoms with E-state index in [1.54, 1.807) is 0 Å². The van der Waals surface area contributed by atoms with Crippen LogP contribution in [0.2, 0.25) is 0 Å². The number of anilines is 2. The van der Waals surface area contributed by atoms with E-state index >= 15 is 0 Å². The number of nitrogens with one attached hydrogen (secondary N) is 3. The van der Waals surface area contributed by atoms with Crippen LogP contribution in [0.25, 0.3) is 0 Å². The second-order valence-corrected chi connectivity index (χ2v) is 7.02. The Morgan fingerprint density at radius 2 is 2.00 bits per heavy atom. The van der Waals surface area contributed by atoms with Crippen molar-refractivity contribution in [3.8, 4) is 0 Å². The molecule has 0 radical (unpaired) electrons. The van der Waals surface area contributed by atoms with Gasteiger partial charge in [-0.15, -0.1) is 12.4 Å². The molecule has 2 aliphatic heterocycles. The van der Waals surface area contributed by atoms with E-state index in [9.17, 15) is 9.59 Å². The number of rotatable bonds is 2. The molecule has 3 unspecified atom stereocenters. The standard InChI is InChI=1S/C18H23N3O2.ClH/c22-17-8-6-11-5-7-13(10-15(11)21-17)19-18(23)16-9-12-3-1-2-4-14(12)20-16;/h5,7,10,12,14,16,20H,1-4,6,8-9H2,(H,19,23)(H,21,22);1H. The van der Waals surface area contributed by atoms with Crippen molar-refractivity contribution in [2.75, 3.05) is 10.6 Å². The molecule has 0 bridgehead atoms. The first kappa shape index (κ1) is 17.2. The van der Waals surface area contributed by atoms with Crippen molar-refractivity contribution in [3.63, 3.8) is 0 Å². The van der Waals surface area contributed by atoms with Crippen LogP contribution < -0.4 is 16.0 Å². The van der Waals surface area contributed by atoms with Crippen molar-refractivity contribution in [1.29, 1.82) is 0 Å². The predicted molar refractivity (Wildman–Crippen MR) is 96.6 cm³/mol. The zero-order chi connectivity index (χ0) is 15.8. The number of hydrogen-bond acceptors (Lipinski definition) is 3. The molecule has 0 spiro atoms. The first-order valence-corrected chi connectivity index (χ1v) is 8.69. The molecule has 6 heteroatoms. The fraction of sp³-hybridized carbons (Fsp3) is 0.556. The van der Waals surface area contributed by atoms with Crippen LogP contribution in [0.4, 0.5) is 11.4 Å². The molecule has 1 aromatic rings. The van der Waals surface area contributed by atoms with Crippen molar-refractivity contribution in [3.05, 3.63) is 23.8 Å². The van der Waals surface area contributed by atoms with Crippen molar-refractivity contribution in [2.45, 2.75) is 57.0 Å². The molecule has 0 aromatic heterocycles. The Balaban J connectivity index is 0.00000169. The first-order chi connectivity index (χ1) is 11.2. The highest BCUT2D eigenvalue weighted by Crippen LogP contribution is 2.33. The maximum Gasteiger partial charge on any atom is 0.241 e. The van der Waals surface area contributed by atoms with Gasteiger partial charge in [0.15, 0.2) is 0 Å². The number of amides is 2. The molecule has 1 saturated heterocycles. The molecule has 4 rings (SSSR count). The fourth-order valence-corrected chi connectivity index (χ4v) is 4.20. The lowest BCUT2D eigenvalue weighted by Gasteiger charge is -2.24. The van der Waals surface area contributed by atoms with Crippen molar-refractivity contribution in [1.82, 2.24) is 5.32 Å². The van der Waals surface area contributed by atoms with Crippen molar-refractivity contribution in [2.24, 2.45) is 5.92 Å². The summed E-state index contributed by atoms with van der Waals surface area (Å²) in [5.74, 6) is 0.742. The number of hydrogen-bond donors (Lipinski definition) is 3. The van der Waals surface area contributed by atoms with E-state index in [0.717, 1.165) is 29.8 Å². The summed E-state index contributed by atoms with van der Waals surface area (Å²) in [6, 6.07) is 6.21. The molecule has 1 aliphatic carbocycles. The molecule has 130 valence electrons. The van der Waals surface area contributed by atoms with Crippen LogP contribution in [0.1, 0.15) is 44.1 Å². The van der Waals surface area contributed by atoms with E-state index in [2.05, 4.69) is 16.0 Å². The number of fused-ring (bicyclic) bond motifs is 2. The molecule has 1 aromatic carbocycles. The molecule has 2 heterocycles. The Morgan fingerprint density at radius 1 is 1.17 bits per heavy atom. The fourth-order valence-electron chi connectivity index (χ4n) is 4.20. The third-order valence-corrected chi connectivity index (χ3v) is 5.45. The topological polar surface area (TPSA) is 70.2 Å². The Bertz CT molecular complexity index is 635. The van der Waals surface area contributed by atoms with Crippen LogP contribution in [-0.2, 0) is 16.0 Å². The van der Waals surface area contributed by atoms with E-state index in [1.165, 1.54) is 25.7 Å². The monoisotopic (exact) mass is 349 g/mol. The highest BCUT2D eigenvalue weighted by atomic mass is 35.5. The van der Waals surface area contributed by atoms with Gasteiger partial charge in [0.05, 0.1) is 6.04 Å². The van der Waals surface area contributed by atoms with E-state index in [0.29, 0.717) is 18.4 Å². The maximum absolute atomic E-state index is 12.5. The molecule has 2 fully saturated rings. The number of aryl methyl sites for hydroxylation is 1. The van der Waals surface area contributed by atoms with Gasteiger partial charge < -0.3 is 16.0 Å². The molecule has 24 heavy (non-hydrogen) atoms. The van der Waals surface area contributed by atoms with E-state index in [4.69, 9.17) is 0 Å². The van der Waals surface area contributed by atoms with Gasteiger partial charge in [0.1, 0.15) is 0 Å². The second-order valence-electron chi connectivity index (χ2n) is 7.02. The smallest absolute Gasteiger partial charge is 0.241 e. The Kier molecular flexibility index (Phi) is 5.11. The van der Waals surface area contributed by atoms with Crippen LogP contribution in [0.5, 0.6) is 0 Å². The van der Waals surface area contributed by atoms with Gasteiger partial charge >= 0.3 is 0 Å². The van der Waals surface area contributed by atoms with E-state index < -0.39 is 0 Å². The van der Waals surface area contributed by atoms with Gasteiger partial charge in [-0.3, -0.25) is 9.59 Å². The Labute approximate surface area is 148 Å². The molecule has 2 amide bonds. The van der Waals surface area contributed by atoms with Crippen LogP contribution in [0.3, 0.4) is 0 Å². The Hall–Kier alpha value is -1.59. The molecule has 3 N–H and O–H groups in total. The second kappa shape index (κ2) is 7.11. The van der Waals surface area contributed by atoms with Gasteiger partial charge in [0.25, 0.3) is 0 Å². The minimum Gasteiger partial charge on any atom is -0.326 e. The van der Waals surface area contributed by atoms with Gasteiger partial charge in [-0.05, 0) is 49.3 Å². The minimum absolute atomic E-state index is 0. The molecular formula is C18H24ClN3O2. The largest absolute Gasteiger partial charge is 0.326 e. The van der Waals surface area contributed by atoms with Crippen molar-refractivity contribution < 1.29 is 9.59 Å². The van der Waals surface area contributed by atoms with Gasteiger partial charge in [-0.1, -0.05) is 18.9 Å². The van der Waals surface area contributed by atoms with Gasteiger partial charge in [-0.2, -0.15) is 0 Å². The number of halogens is 1. The summed E-state index contributed by atoms with van der Waals surface area (Å²) in [4.78, 5) is 24.0. The summed E-state index contributed by atoms with van der Waals surface area (Å²) in [6.07, 6.45) is 7.25. The third kappa shape index (κ3) is 3.42. The summed E-state index contributed by atoms with van der Waals surface area (Å²) in [6.45, 7) is 0. The van der Waals surface area contributed by atoms with Crippen LogP contribution in [-0.4, -0.2) is 23.9 Å². The number of carbonyl (C=O) groups excluding carboxylic acids is 2. The zero-order valence-electron chi connectivity index (χ0n) is 13.6.